The summed E-state index contributed by atoms with van der Waals surface area (Å²) in [5.74, 6) is -0.214. The number of carbonyl (C=O) groups excluding carboxylic acids is 2. The van der Waals surface area contributed by atoms with Crippen LogP contribution < -0.4 is 10.1 Å². The average Bonchev–Trinajstić information content (AvgIpc) is 3.11. The number of amides is 1. The fourth-order valence-electron chi connectivity index (χ4n) is 1.95. The summed E-state index contributed by atoms with van der Waals surface area (Å²) < 4.78 is 5.25. The summed E-state index contributed by atoms with van der Waals surface area (Å²) >= 11 is 1.32. The van der Waals surface area contributed by atoms with Crippen molar-refractivity contribution in [2.24, 2.45) is 0 Å². The van der Waals surface area contributed by atoms with Crippen molar-refractivity contribution in [1.82, 2.24) is 0 Å². The number of hydrogen-bond acceptors (Lipinski definition) is 4. The quantitative estimate of drug-likeness (QED) is 0.578. The van der Waals surface area contributed by atoms with Gasteiger partial charge < -0.3 is 10.1 Å². The lowest BCUT2D eigenvalue weighted by Gasteiger charge is -2.06. The highest BCUT2D eigenvalue weighted by atomic mass is 32.1. The first-order chi connectivity index (χ1) is 11.2. The molecule has 1 heterocycles. The summed E-state index contributed by atoms with van der Waals surface area (Å²) in [5, 5.41) is 4.61. The molecule has 3 rings (SSSR count). The van der Waals surface area contributed by atoms with Crippen LogP contribution in [0.2, 0.25) is 0 Å². The second kappa shape index (κ2) is 6.89. The third-order valence-corrected chi connectivity index (χ3v) is 3.93. The van der Waals surface area contributed by atoms with Crippen LogP contribution in [0.3, 0.4) is 0 Å². The van der Waals surface area contributed by atoms with Crippen molar-refractivity contribution in [2.45, 2.75) is 0 Å². The Morgan fingerprint density at radius 2 is 1.61 bits per heavy atom. The Hall–Kier alpha value is -2.92. The summed E-state index contributed by atoms with van der Waals surface area (Å²) in [6.45, 7) is 0. The van der Waals surface area contributed by atoms with Crippen LogP contribution in [-0.4, -0.2) is 11.9 Å². The van der Waals surface area contributed by atoms with Crippen LogP contribution in [-0.2, 0) is 0 Å². The molecule has 23 heavy (non-hydrogen) atoms. The van der Waals surface area contributed by atoms with Crippen LogP contribution in [0.25, 0.3) is 0 Å². The van der Waals surface area contributed by atoms with Crippen molar-refractivity contribution >= 4 is 28.9 Å². The molecule has 0 fully saturated rings. The van der Waals surface area contributed by atoms with Gasteiger partial charge in [0, 0.05) is 11.3 Å². The van der Waals surface area contributed by atoms with E-state index in [2.05, 4.69) is 5.32 Å². The van der Waals surface area contributed by atoms with Gasteiger partial charge >= 0.3 is 5.97 Å². The molecule has 0 aliphatic carbocycles. The van der Waals surface area contributed by atoms with E-state index < -0.39 is 5.97 Å². The Morgan fingerprint density at radius 3 is 2.26 bits per heavy atom. The number of anilines is 1. The van der Waals surface area contributed by atoms with Gasteiger partial charge in [-0.1, -0.05) is 24.3 Å². The smallest absolute Gasteiger partial charge is 0.353 e. The van der Waals surface area contributed by atoms with Crippen molar-refractivity contribution in [2.75, 3.05) is 5.32 Å². The van der Waals surface area contributed by atoms with Crippen molar-refractivity contribution < 1.29 is 14.3 Å². The third kappa shape index (κ3) is 3.84. The summed E-state index contributed by atoms with van der Waals surface area (Å²) in [5.41, 5.74) is 1.22. The molecule has 5 heteroatoms. The number of esters is 1. The molecule has 1 aromatic heterocycles. The standard InChI is InChI=1S/C18H13NO3S/c20-17(19-14-5-2-1-3-6-14)13-8-10-15(11-9-13)22-18(21)16-7-4-12-23-16/h1-12H,(H,19,20). The average molecular weight is 323 g/mol. The first kappa shape index (κ1) is 15.0. The predicted octanol–water partition coefficient (Wildman–Crippen LogP) is 4.22. The molecule has 0 saturated carbocycles. The molecule has 0 spiro atoms. The van der Waals surface area contributed by atoms with Crippen LogP contribution in [0, 0.1) is 0 Å². The number of benzene rings is 2. The monoisotopic (exact) mass is 323 g/mol. The lowest BCUT2D eigenvalue weighted by atomic mass is 10.2. The minimum Gasteiger partial charge on any atom is -0.422 e. The van der Waals surface area contributed by atoms with E-state index in [1.807, 2.05) is 35.7 Å². The van der Waals surface area contributed by atoms with Gasteiger partial charge in [0.15, 0.2) is 0 Å². The molecule has 0 aliphatic heterocycles. The molecule has 114 valence electrons. The van der Waals surface area contributed by atoms with Gasteiger partial charge in [0.1, 0.15) is 10.6 Å². The van der Waals surface area contributed by atoms with Gasteiger partial charge in [-0.3, -0.25) is 4.79 Å². The molecular weight excluding hydrogens is 310 g/mol. The van der Waals surface area contributed by atoms with Crippen molar-refractivity contribution in [3.63, 3.8) is 0 Å². The lowest BCUT2D eigenvalue weighted by Crippen LogP contribution is -2.12. The van der Waals surface area contributed by atoms with Crippen LogP contribution >= 0.6 is 11.3 Å². The molecule has 4 nitrogen and oxygen atoms in total. The van der Waals surface area contributed by atoms with Gasteiger partial charge in [0.05, 0.1) is 0 Å². The summed E-state index contributed by atoms with van der Waals surface area (Å²) in [4.78, 5) is 24.5. The maximum atomic E-state index is 12.1. The minimum atomic E-state index is -0.401. The number of nitrogens with one attached hydrogen (secondary N) is 1. The Kier molecular flexibility index (Phi) is 4.49. The van der Waals surface area contributed by atoms with E-state index in [1.54, 1.807) is 36.4 Å². The Morgan fingerprint density at radius 1 is 0.870 bits per heavy atom. The van der Waals surface area contributed by atoms with Gasteiger partial charge in [0.2, 0.25) is 0 Å². The van der Waals surface area contributed by atoms with E-state index in [9.17, 15) is 9.59 Å². The largest absolute Gasteiger partial charge is 0.422 e. The van der Waals surface area contributed by atoms with Crippen LogP contribution in [0.4, 0.5) is 5.69 Å². The second-order valence-corrected chi connectivity index (χ2v) is 5.66. The van der Waals surface area contributed by atoms with Gasteiger partial charge in [-0.2, -0.15) is 0 Å². The zero-order valence-corrected chi connectivity index (χ0v) is 12.9. The van der Waals surface area contributed by atoms with Gasteiger partial charge in [-0.15, -0.1) is 11.3 Å². The highest BCUT2D eigenvalue weighted by molar-refractivity contribution is 7.12. The van der Waals surface area contributed by atoms with Gasteiger partial charge in [-0.25, -0.2) is 4.79 Å². The van der Waals surface area contributed by atoms with E-state index >= 15 is 0 Å². The van der Waals surface area contributed by atoms with Crippen molar-refractivity contribution in [3.05, 3.63) is 82.6 Å². The van der Waals surface area contributed by atoms with Crippen LogP contribution in [0.5, 0.6) is 5.75 Å². The molecule has 0 atom stereocenters. The molecule has 2 aromatic carbocycles. The van der Waals surface area contributed by atoms with E-state index in [0.717, 1.165) is 5.69 Å². The summed E-state index contributed by atoms with van der Waals surface area (Å²) in [6, 6.07) is 19.1. The lowest BCUT2D eigenvalue weighted by molar-refractivity contribution is 0.0740. The molecule has 0 bridgehead atoms. The molecule has 3 aromatic rings. The topological polar surface area (TPSA) is 55.4 Å². The summed E-state index contributed by atoms with van der Waals surface area (Å²) in [7, 11) is 0. The number of para-hydroxylation sites is 1. The summed E-state index contributed by atoms with van der Waals surface area (Å²) in [6.07, 6.45) is 0. The fourth-order valence-corrected chi connectivity index (χ4v) is 2.55. The maximum absolute atomic E-state index is 12.1. The number of thiophene rings is 1. The van der Waals surface area contributed by atoms with E-state index in [0.29, 0.717) is 16.2 Å². The van der Waals surface area contributed by atoms with Gasteiger partial charge in [-0.05, 0) is 47.8 Å². The van der Waals surface area contributed by atoms with Crippen LogP contribution in [0.1, 0.15) is 20.0 Å². The van der Waals surface area contributed by atoms with E-state index in [1.165, 1.54) is 11.3 Å². The van der Waals surface area contributed by atoms with E-state index in [4.69, 9.17) is 4.74 Å². The predicted molar refractivity (Wildman–Crippen MR) is 90.1 cm³/mol. The highest BCUT2D eigenvalue weighted by Gasteiger charge is 2.10. The number of hydrogen-bond donors (Lipinski definition) is 1. The van der Waals surface area contributed by atoms with Gasteiger partial charge in [0.25, 0.3) is 5.91 Å². The Bertz CT molecular complexity index is 796. The number of carbonyl (C=O) groups is 2. The zero-order chi connectivity index (χ0) is 16.1. The number of rotatable bonds is 4. The SMILES string of the molecule is O=C(Nc1ccccc1)c1ccc(OC(=O)c2cccs2)cc1. The minimum absolute atomic E-state index is 0.215. The first-order valence-corrected chi connectivity index (χ1v) is 7.82. The number of ether oxygens (including phenoxy) is 1. The maximum Gasteiger partial charge on any atom is 0.353 e. The normalized spacial score (nSPS) is 10.1. The van der Waals surface area contributed by atoms with Crippen molar-refractivity contribution in [1.29, 1.82) is 0 Å². The molecule has 1 N–H and O–H groups in total. The fraction of sp³-hybridized carbons (Fsp3) is 0. The first-order valence-electron chi connectivity index (χ1n) is 6.94. The zero-order valence-electron chi connectivity index (χ0n) is 12.1. The highest BCUT2D eigenvalue weighted by Crippen LogP contribution is 2.17. The van der Waals surface area contributed by atoms with Crippen molar-refractivity contribution in [3.8, 4) is 5.75 Å². The molecule has 0 radical (unpaired) electrons. The molecular formula is C18H13NO3S. The van der Waals surface area contributed by atoms with E-state index in [-0.39, 0.29) is 5.91 Å². The third-order valence-electron chi connectivity index (χ3n) is 3.08. The molecule has 0 saturated heterocycles. The Labute approximate surface area is 137 Å². The molecule has 0 unspecified atom stereocenters. The molecule has 0 aliphatic rings. The second-order valence-electron chi connectivity index (χ2n) is 4.71. The van der Waals surface area contributed by atoms with Crippen LogP contribution in [0.15, 0.2) is 72.1 Å². The molecule has 1 amide bonds. The Balaban J connectivity index is 1.65.